The summed E-state index contributed by atoms with van der Waals surface area (Å²) in [5.74, 6) is -0.574. The zero-order valence-corrected chi connectivity index (χ0v) is 13.3. The Kier molecular flexibility index (Phi) is 5.98. The molecule has 0 aliphatic rings. The lowest BCUT2D eigenvalue weighted by atomic mass is 9.70. The van der Waals surface area contributed by atoms with Crippen LogP contribution in [0.4, 0.5) is 0 Å². The summed E-state index contributed by atoms with van der Waals surface area (Å²) in [5, 5.41) is 9.52. The summed E-state index contributed by atoms with van der Waals surface area (Å²) in [5.41, 5.74) is -0.233. The first-order valence-corrected chi connectivity index (χ1v) is 6.93. The zero-order valence-electron chi connectivity index (χ0n) is 13.3. The maximum Gasteiger partial charge on any atom is 0.332 e. The van der Waals surface area contributed by atoms with Crippen molar-refractivity contribution in [2.75, 3.05) is 0 Å². The second kappa shape index (κ2) is 6.36. The number of allylic oxidation sites excluding steroid dienone is 1. The van der Waals surface area contributed by atoms with E-state index in [9.17, 15) is 14.7 Å². The SMILES string of the molecule is CCC(C)(C)/C(C(=O)O)=C(/C=O)C(C)(C)CC(C)C. The predicted molar refractivity (Wildman–Crippen MR) is 78.0 cm³/mol. The lowest BCUT2D eigenvalue weighted by molar-refractivity contribution is -0.134. The van der Waals surface area contributed by atoms with E-state index >= 15 is 0 Å². The molecule has 0 bridgehead atoms. The topological polar surface area (TPSA) is 54.4 Å². The van der Waals surface area contributed by atoms with E-state index in [4.69, 9.17) is 0 Å². The minimum atomic E-state index is -0.981. The third-order valence-electron chi connectivity index (χ3n) is 3.81. The number of carbonyl (C=O) groups excluding carboxylic acids is 1. The highest BCUT2D eigenvalue weighted by atomic mass is 16.4. The molecule has 3 nitrogen and oxygen atoms in total. The summed E-state index contributed by atoms with van der Waals surface area (Å²) in [4.78, 5) is 23.1. The summed E-state index contributed by atoms with van der Waals surface area (Å²) in [6, 6.07) is 0. The maximum atomic E-state index is 11.6. The van der Waals surface area contributed by atoms with Gasteiger partial charge in [-0.2, -0.15) is 0 Å². The zero-order chi connectivity index (χ0) is 15.4. The molecule has 0 spiro atoms. The van der Waals surface area contributed by atoms with Crippen LogP contribution in [0.3, 0.4) is 0 Å². The van der Waals surface area contributed by atoms with Crippen molar-refractivity contribution >= 4 is 12.3 Å². The van der Waals surface area contributed by atoms with Crippen molar-refractivity contribution in [3.05, 3.63) is 11.1 Å². The van der Waals surface area contributed by atoms with Gasteiger partial charge in [-0.15, -0.1) is 0 Å². The standard InChI is InChI=1S/C16H28O3/c1-8-15(4,5)13(14(18)19)12(10-17)16(6,7)9-11(2)3/h10-11H,8-9H2,1-7H3,(H,18,19)/b13-12-. The van der Waals surface area contributed by atoms with E-state index < -0.39 is 16.8 Å². The highest BCUT2D eigenvalue weighted by molar-refractivity contribution is 5.96. The van der Waals surface area contributed by atoms with Gasteiger partial charge in [-0.25, -0.2) is 4.79 Å². The Morgan fingerprint density at radius 3 is 1.89 bits per heavy atom. The minimum absolute atomic E-state index is 0.260. The first kappa shape index (κ1) is 17.9. The Balaban J connectivity index is 6.00. The van der Waals surface area contributed by atoms with Crippen LogP contribution in [0.2, 0.25) is 0 Å². The maximum absolute atomic E-state index is 11.6. The van der Waals surface area contributed by atoms with Crippen LogP contribution >= 0.6 is 0 Å². The highest BCUT2D eigenvalue weighted by Gasteiger charge is 2.36. The Hall–Kier alpha value is -1.12. The normalized spacial score (nSPS) is 14.3. The molecule has 0 aliphatic heterocycles. The van der Waals surface area contributed by atoms with Crippen molar-refractivity contribution in [2.24, 2.45) is 16.7 Å². The Bertz CT molecular complexity index is 373. The number of carboxylic acids is 1. The van der Waals surface area contributed by atoms with Gasteiger partial charge in [-0.3, -0.25) is 4.79 Å². The molecule has 0 heterocycles. The lowest BCUT2D eigenvalue weighted by Gasteiger charge is -2.33. The Morgan fingerprint density at radius 1 is 1.16 bits per heavy atom. The van der Waals surface area contributed by atoms with Crippen molar-refractivity contribution in [2.45, 2.75) is 61.3 Å². The molecule has 0 aromatic heterocycles. The fourth-order valence-electron chi connectivity index (χ4n) is 2.63. The van der Waals surface area contributed by atoms with Gasteiger partial charge in [0.15, 0.2) is 0 Å². The first-order valence-electron chi connectivity index (χ1n) is 6.93. The van der Waals surface area contributed by atoms with Gasteiger partial charge < -0.3 is 5.11 Å². The van der Waals surface area contributed by atoms with Gasteiger partial charge in [0.25, 0.3) is 0 Å². The van der Waals surface area contributed by atoms with Gasteiger partial charge in [0.05, 0.1) is 0 Å². The summed E-state index contributed by atoms with van der Waals surface area (Å²) in [6.45, 7) is 13.8. The van der Waals surface area contributed by atoms with Crippen molar-refractivity contribution in [1.82, 2.24) is 0 Å². The summed E-state index contributed by atoms with van der Waals surface area (Å²) in [6.07, 6.45) is 2.21. The predicted octanol–water partition coefficient (Wildman–Crippen LogP) is 4.08. The fourth-order valence-corrected chi connectivity index (χ4v) is 2.63. The summed E-state index contributed by atoms with van der Waals surface area (Å²) >= 11 is 0. The van der Waals surface area contributed by atoms with Gasteiger partial charge in [0.2, 0.25) is 0 Å². The average Bonchev–Trinajstić information content (AvgIpc) is 2.22. The second-order valence-corrected chi connectivity index (χ2v) is 6.93. The number of carboxylic acid groups (broad SMARTS) is 1. The van der Waals surface area contributed by atoms with E-state index in [2.05, 4.69) is 13.8 Å². The van der Waals surface area contributed by atoms with Crippen LogP contribution in [-0.2, 0) is 9.59 Å². The van der Waals surface area contributed by atoms with Gasteiger partial charge in [0, 0.05) is 11.1 Å². The molecule has 0 saturated carbocycles. The van der Waals surface area contributed by atoms with E-state index in [-0.39, 0.29) is 5.57 Å². The molecule has 0 atom stereocenters. The number of aliphatic carboxylic acids is 1. The smallest absolute Gasteiger partial charge is 0.332 e. The van der Waals surface area contributed by atoms with Gasteiger partial charge in [-0.1, -0.05) is 48.5 Å². The van der Waals surface area contributed by atoms with E-state index in [1.54, 1.807) is 0 Å². The Morgan fingerprint density at radius 2 is 1.63 bits per heavy atom. The second-order valence-electron chi connectivity index (χ2n) is 6.93. The monoisotopic (exact) mass is 268 g/mol. The van der Waals surface area contributed by atoms with Crippen molar-refractivity contribution < 1.29 is 14.7 Å². The molecule has 110 valence electrons. The van der Waals surface area contributed by atoms with Crippen LogP contribution in [-0.4, -0.2) is 17.4 Å². The molecule has 0 rings (SSSR count). The molecule has 0 unspecified atom stereocenters. The molecule has 3 heteroatoms. The fraction of sp³-hybridized carbons (Fsp3) is 0.750. The molecule has 0 aromatic carbocycles. The summed E-state index contributed by atoms with van der Waals surface area (Å²) in [7, 11) is 0. The molecule has 19 heavy (non-hydrogen) atoms. The number of carbonyl (C=O) groups is 2. The first-order chi connectivity index (χ1) is 8.49. The van der Waals surface area contributed by atoms with Crippen molar-refractivity contribution in [3.63, 3.8) is 0 Å². The molecule has 0 fully saturated rings. The van der Waals surface area contributed by atoms with E-state index in [1.807, 2.05) is 34.6 Å². The van der Waals surface area contributed by atoms with Crippen LogP contribution in [0.1, 0.15) is 61.3 Å². The quantitative estimate of drug-likeness (QED) is 0.559. The highest BCUT2D eigenvalue weighted by Crippen LogP contribution is 2.41. The van der Waals surface area contributed by atoms with E-state index in [0.717, 1.165) is 12.7 Å². The lowest BCUT2D eigenvalue weighted by Crippen LogP contribution is -2.29. The Labute approximate surface area is 117 Å². The molecule has 0 saturated heterocycles. The van der Waals surface area contributed by atoms with Crippen LogP contribution < -0.4 is 0 Å². The van der Waals surface area contributed by atoms with Crippen LogP contribution in [0.25, 0.3) is 0 Å². The number of rotatable bonds is 7. The summed E-state index contributed by atoms with van der Waals surface area (Å²) < 4.78 is 0. The van der Waals surface area contributed by atoms with Crippen molar-refractivity contribution in [3.8, 4) is 0 Å². The molecular weight excluding hydrogens is 240 g/mol. The van der Waals surface area contributed by atoms with Crippen LogP contribution in [0, 0.1) is 16.7 Å². The third kappa shape index (κ3) is 4.48. The molecule has 0 aliphatic carbocycles. The van der Waals surface area contributed by atoms with Crippen LogP contribution in [0.5, 0.6) is 0 Å². The minimum Gasteiger partial charge on any atom is -0.478 e. The molecule has 0 aromatic rings. The van der Waals surface area contributed by atoms with Crippen LogP contribution in [0.15, 0.2) is 11.1 Å². The van der Waals surface area contributed by atoms with E-state index in [1.165, 1.54) is 0 Å². The molecular formula is C16H28O3. The molecule has 0 radical (unpaired) electrons. The van der Waals surface area contributed by atoms with Gasteiger partial charge >= 0.3 is 5.97 Å². The third-order valence-corrected chi connectivity index (χ3v) is 3.81. The van der Waals surface area contributed by atoms with E-state index in [0.29, 0.717) is 17.9 Å². The number of hydrogen-bond acceptors (Lipinski definition) is 2. The average molecular weight is 268 g/mol. The largest absolute Gasteiger partial charge is 0.478 e. The van der Waals surface area contributed by atoms with Crippen molar-refractivity contribution in [1.29, 1.82) is 0 Å². The van der Waals surface area contributed by atoms with Gasteiger partial charge in [-0.05, 0) is 29.6 Å². The number of hydrogen-bond donors (Lipinski definition) is 1. The van der Waals surface area contributed by atoms with Gasteiger partial charge in [0.1, 0.15) is 6.29 Å². The number of aldehydes is 1. The molecule has 0 amide bonds. The molecule has 1 N–H and O–H groups in total.